The van der Waals surface area contributed by atoms with E-state index in [0.29, 0.717) is 0 Å². The number of fused-ring (bicyclic) bond motifs is 1. The Hall–Kier alpha value is -1.16. The fraction of sp³-hybridized carbons (Fsp3) is 0.462. The molecule has 0 spiro atoms. The van der Waals surface area contributed by atoms with Gasteiger partial charge in [0.2, 0.25) is 0 Å². The monoisotopic (exact) mass is 248 g/mol. The molecule has 0 bridgehead atoms. The molecule has 0 N–H and O–H groups in total. The minimum absolute atomic E-state index is 0.789. The Morgan fingerprint density at radius 1 is 1.53 bits per heavy atom. The van der Waals surface area contributed by atoms with Crippen LogP contribution < -0.4 is 4.74 Å². The van der Waals surface area contributed by atoms with Crippen molar-refractivity contribution in [1.29, 1.82) is 0 Å². The van der Waals surface area contributed by atoms with Gasteiger partial charge in [0.25, 0.3) is 0 Å². The van der Waals surface area contributed by atoms with Crippen LogP contribution in [0.2, 0.25) is 0 Å². The number of ether oxygens (including phenoxy) is 1. The molecule has 1 aliphatic rings. The summed E-state index contributed by atoms with van der Waals surface area (Å²) in [5.41, 5.74) is 1.14. The van der Waals surface area contributed by atoms with Crippen molar-refractivity contribution in [3.05, 3.63) is 30.4 Å². The predicted octanol–water partition coefficient (Wildman–Crippen LogP) is 2.64. The number of imidazole rings is 1. The second kappa shape index (κ2) is 4.61. The normalized spacial score (nSPS) is 19.9. The molecule has 90 valence electrons. The zero-order valence-corrected chi connectivity index (χ0v) is 10.7. The summed E-state index contributed by atoms with van der Waals surface area (Å²) in [6.07, 6.45) is 6.37. The third-order valence-corrected chi connectivity index (χ3v) is 4.54. The number of rotatable bonds is 3. The number of aromatic nitrogens is 2. The quantitative estimate of drug-likeness (QED) is 0.835. The smallest absolute Gasteiger partial charge is 0.135 e. The van der Waals surface area contributed by atoms with Gasteiger partial charge in [-0.1, -0.05) is 0 Å². The summed E-state index contributed by atoms with van der Waals surface area (Å²) < 4.78 is 7.42. The van der Waals surface area contributed by atoms with Gasteiger partial charge < -0.3 is 9.14 Å². The maximum Gasteiger partial charge on any atom is 0.135 e. The lowest BCUT2D eigenvalue weighted by molar-refractivity contribution is 0.412. The summed E-state index contributed by atoms with van der Waals surface area (Å²) in [6.45, 7) is 0. The average molecular weight is 248 g/mol. The van der Waals surface area contributed by atoms with Gasteiger partial charge in [0.05, 0.1) is 25.0 Å². The van der Waals surface area contributed by atoms with Crippen LogP contribution in [-0.2, 0) is 6.42 Å². The molecule has 1 saturated heterocycles. The molecular formula is C13H16N2OS. The van der Waals surface area contributed by atoms with Crippen molar-refractivity contribution < 1.29 is 4.74 Å². The number of hydrogen-bond donors (Lipinski definition) is 0. The van der Waals surface area contributed by atoms with Crippen LogP contribution in [0.3, 0.4) is 0 Å². The highest BCUT2D eigenvalue weighted by Crippen LogP contribution is 2.26. The van der Waals surface area contributed by atoms with E-state index in [1.54, 1.807) is 7.11 Å². The summed E-state index contributed by atoms with van der Waals surface area (Å²) in [7, 11) is 1.70. The van der Waals surface area contributed by atoms with E-state index in [2.05, 4.69) is 27.2 Å². The van der Waals surface area contributed by atoms with Crippen LogP contribution in [-0.4, -0.2) is 28.0 Å². The third-order valence-electron chi connectivity index (χ3n) is 3.31. The Morgan fingerprint density at radius 3 is 3.24 bits per heavy atom. The first-order chi connectivity index (χ1) is 8.36. The summed E-state index contributed by atoms with van der Waals surface area (Å²) >= 11 is 2.06. The summed E-state index contributed by atoms with van der Waals surface area (Å²) in [6, 6.07) is 4.03. The molecule has 3 rings (SSSR count). The molecule has 3 nitrogen and oxygen atoms in total. The minimum atomic E-state index is 0.789. The lowest BCUT2D eigenvalue weighted by Gasteiger charge is -2.08. The van der Waals surface area contributed by atoms with Crippen LogP contribution >= 0.6 is 11.8 Å². The Labute approximate surface area is 105 Å². The molecule has 0 saturated carbocycles. The van der Waals surface area contributed by atoms with E-state index in [-0.39, 0.29) is 0 Å². The van der Waals surface area contributed by atoms with Crippen LogP contribution in [0, 0.1) is 5.92 Å². The van der Waals surface area contributed by atoms with E-state index >= 15 is 0 Å². The number of pyridine rings is 1. The molecule has 2 aromatic heterocycles. The molecule has 0 radical (unpaired) electrons. The van der Waals surface area contributed by atoms with E-state index in [0.717, 1.165) is 29.4 Å². The van der Waals surface area contributed by atoms with Gasteiger partial charge in [0, 0.05) is 6.42 Å². The first-order valence-corrected chi connectivity index (χ1v) is 7.10. The van der Waals surface area contributed by atoms with Gasteiger partial charge in [-0.3, -0.25) is 0 Å². The molecule has 1 aliphatic heterocycles. The molecule has 1 fully saturated rings. The first-order valence-electron chi connectivity index (χ1n) is 5.94. The Balaban J connectivity index is 1.92. The minimum Gasteiger partial charge on any atom is -0.495 e. The lowest BCUT2D eigenvalue weighted by Crippen LogP contribution is -2.06. The number of thioether (sulfide) groups is 1. The zero-order valence-electron chi connectivity index (χ0n) is 9.93. The van der Waals surface area contributed by atoms with Gasteiger partial charge in [-0.2, -0.15) is 11.8 Å². The largest absolute Gasteiger partial charge is 0.495 e. The fourth-order valence-corrected chi connectivity index (χ4v) is 3.58. The molecule has 1 atom stereocenters. The lowest BCUT2D eigenvalue weighted by atomic mass is 10.1. The molecule has 4 heteroatoms. The Morgan fingerprint density at radius 2 is 2.47 bits per heavy atom. The highest BCUT2D eigenvalue weighted by atomic mass is 32.2. The van der Waals surface area contributed by atoms with Gasteiger partial charge in [-0.15, -0.1) is 0 Å². The maximum absolute atomic E-state index is 5.26. The van der Waals surface area contributed by atoms with Crippen molar-refractivity contribution in [3.8, 4) is 5.75 Å². The molecule has 0 aromatic carbocycles. The highest BCUT2D eigenvalue weighted by molar-refractivity contribution is 7.99. The standard InChI is InChI=1S/C13H16N2OS/c1-16-12-3-2-11-7-14-13(15(11)8-12)6-10-4-5-17-9-10/h2-3,7-8,10H,4-6,9H2,1H3. The van der Waals surface area contributed by atoms with Crippen molar-refractivity contribution in [2.75, 3.05) is 18.6 Å². The van der Waals surface area contributed by atoms with Crippen molar-refractivity contribution in [2.45, 2.75) is 12.8 Å². The van der Waals surface area contributed by atoms with Crippen LogP contribution in [0.25, 0.3) is 5.52 Å². The van der Waals surface area contributed by atoms with E-state index in [1.807, 2.05) is 18.5 Å². The summed E-state index contributed by atoms with van der Waals surface area (Å²) in [4.78, 5) is 4.53. The number of nitrogens with zero attached hydrogens (tertiary/aromatic N) is 2. The Bertz CT molecular complexity index is 517. The fourth-order valence-electron chi connectivity index (χ4n) is 2.30. The van der Waals surface area contributed by atoms with E-state index < -0.39 is 0 Å². The van der Waals surface area contributed by atoms with Crippen molar-refractivity contribution >= 4 is 17.3 Å². The zero-order chi connectivity index (χ0) is 11.7. The number of hydrogen-bond acceptors (Lipinski definition) is 3. The molecular weight excluding hydrogens is 232 g/mol. The van der Waals surface area contributed by atoms with Crippen molar-refractivity contribution in [2.24, 2.45) is 5.92 Å². The topological polar surface area (TPSA) is 26.5 Å². The van der Waals surface area contributed by atoms with Gasteiger partial charge in [0.15, 0.2) is 0 Å². The van der Waals surface area contributed by atoms with Crippen LogP contribution in [0.1, 0.15) is 12.2 Å². The van der Waals surface area contributed by atoms with E-state index in [9.17, 15) is 0 Å². The SMILES string of the molecule is COc1ccc2cnc(CC3CCSC3)n2c1. The second-order valence-electron chi connectivity index (χ2n) is 4.47. The Kier molecular flexibility index (Phi) is 2.97. The van der Waals surface area contributed by atoms with Crippen LogP contribution in [0.4, 0.5) is 0 Å². The van der Waals surface area contributed by atoms with E-state index in [4.69, 9.17) is 4.74 Å². The second-order valence-corrected chi connectivity index (χ2v) is 5.62. The van der Waals surface area contributed by atoms with Gasteiger partial charge >= 0.3 is 0 Å². The summed E-state index contributed by atoms with van der Waals surface area (Å²) in [5.74, 6) is 5.41. The van der Waals surface area contributed by atoms with E-state index in [1.165, 1.54) is 17.9 Å². The van der Waals surface area contributed by atoms with Gasteiger partial charge in [-0.25, -0.2) is 4.98 Å². The molecule has 17 heavy (non-hydrogen) atoms. The highest BCUT2D eigenvalue weighted by Gasteiger charge is 2.18. The molecule has 3 heterocycles. The third kappa shape index (κ3) is 2.14. The molecule has 1 unspecified atom stereocenters. The van der Waals surface area contributed by atoms with Gasteiger partial charge in [0.1, 0.15) is 11.6 Å². The van der Waals surface area contributed by atoms with Crippen molar-refractivity contribution in [3.63, 3.8) is 0 Å². The average Bonchev–Trinajstić information content (AvgIpc) is 2.99. The number of methoxy groups -OCH3 is 1. The van der Waals surface area contributed by atoms with Crippen LogP contribution in [0.15, 0.2) is 24.5 Å². The van der Waals surface area contributed by atoms with Crippen LogP contribution in [0.5, 0.6) is 5.75 Å². The molecule has 0 aliphatic carbocycles. The summed E-state index contributed by atoms with van der Waals surface area (Å²) in [5, 5.41) is 0. The van der Waals surface area contributed by atoms with Gasteiger partial charge in [-0.05, 0) is 36.0 Å². The maximum atomic E-state index is 5.26. The predicted molar refractivity (Wildman–Crippen MR) is 70.9 cm³/mol. The first kappa shape index (κ1) is 11.0. The molecule has 0 amide bonds. The molecule has 2 aromatic rings. The van der Waals surface area contributed by atoms with Crippen molar-refractivity contribution in [1.82, 2.24) is 9.38 Å².